The normalized spacial score (nSPS) is 20.6. The third kappa shape index (κ3) is 6.85. The monoisotopic (exact) mass is 662 g/mol. The van der Waals surface area contributed by atoms with E-state index in [1.807, 2.05) is 36.4 Å². The molecule has 2 aliphatic rings. The Morgan fingerprint density at radius 2 is 1.15 bits per heavy atom. The summed E-state index contributed by atoms with van der Waals surface area (Å²) in [6, 6.07) is 12.4. The van der Waals surface area contributed by atoms with Crippen molar-refractivity contribution in [2.45, 2.75) is 64.2 Å². The fraction of sp³-hybridized carbons (Fsp3) is 0.429. The molecule has 2 saturated carbocycles. The van der Waals surface area contributed by atoms with Gasteiger partial charge in [0.25, 0.3) is 0 Å². The number of nitrogens with zero attached hydrogens (tertiary/aromatic N) is 4. The summed E-state index contributed by atoms with van der Waals surface area (Å²) < 4.78 is 11.2. The van der Waals surface area contributed by atoms with E-state index >= 15 is 0 Å². The number of rotatable bonds is 13. The summed E-state index contributed by atoms with van der Waals surface area (Å²) in [7, 11) is 3.20. The van der Waals surface area contributed by atoms with E-state index in [2.05, 4.69) is 22.5 Å². The van der Waals surface area contributed by atoms with Crippen molar-refractivity contribution < 1.29 is 14.6 Å². The quantitative estimate of drug-likeness (QED) is 0.143. The first kappa shape index (κ1) is 32.6. The van der Waals surface area contributed by atoms with Crippen molar-refractivity contribution >= 4 is 23.2 Å². The first-order chi connectivity index (χ1) is 22.4. The van der Waals surface area contributed by atoms with E-state index in [1.165, 1.54) is 19.3 Å². The van der Waals surface area contributed by atoms with Crippen molar-refractivity contribution in [2.75, 3.05) is 20.8 Å². The lowest BCUT2D eigenvalue weighted by Gasteiger charge is -2.35. The number of halogens is 2. The van der Waals surface area contributed by atoms with E-state index in [4.69, 9.17) is 47.6 Å². The van der Waals surface area contributed by atoms with Gasteiger partial charge in [-0.3, -0.25) is 9.97 Å². The molecule has 0 spiro atoms. The molecule has 9 nitrogen and oxygen atoms in total. The molecule has 0 unspecified atom stereocenters. The van der Waals surface area contributed by atoms with Crippen molar-refractivity contribution in [3.8, 4) is 45.4 Å². The lowest BCUT2D eigenvalue weighted by molar-refractivity contribution is 0.126. The summed E-state index contributed by atoms with van der Waals surface area (Å²) in [6.07, 6.45) is 9.00. The molecule has 2 aliphatic carbocycles. The van der Waals surface area contributed by atoms with Gasteiger partial charge in [0.2, 0.25) is 11.8 Å². The van der Waals surface area contributed by atoms with Crippen LogP contribution in [0, 0.1) is 11.8 Å². The van der Waals surface area contributed by atoms with Crippen LogP contribution in [0.1, 0.15) is 50.4 Å². The molecule has 4 aromatic rings. The predicted molar refractivity (Wildman–Crippen MR) is 181 cm³/mol. The number of benzene rings is 2. The smallest absolute Gasteiger partial charge is 0.237 e. The van der Waals surface area contributed by atoms with Crippen molar-refractivity contribution in [2.24, 2.45) is 11.8 Å². The Morgan fingerprint density at radius 1 is 0.717 bits per heavy atom. The fourth-order valence-electron chi connectivity index (χ4n) is 6.27. The summed E-state index contributed by atoms with van der Waals surface area (Å²) in [6.45, 7) is 3.61. The SMILES string of the molecule is CC[C@H]1C[C@@H](NCc2ncc(-c3cccc(-c4cccc(-c5cnc(CN[C@H]6C[C@@H](CO)C6)c(OC)n5)c4Cl)c3Cl)nc2OC)C1. The van der Waals surface area contributed by atoms with Gasteiger partial charge < -0.3 is 25.2 Å². The third-order valence-corrected chi connectivity index (χ3v) is 10.1. The Labute approximate surface area is 280 Å². The zero-order valence-electron chi connectivity index (χ0n) is 26.4. The minimum absolute atomic E-state index is 0.235. The van der Waals surface area contributed by atoms with Gasteiger partial charge in [0.15, 0.2) is 0 Å². The van der Waals surface area contributed by atoms with E-state index in [-0.39, 0.29) is 6.61 Å². The maximum atomic E-state index is 9.28. The Bertz CT molecular complexity index is 1550. The highest BCUT2D eigenvalue weighted by Gasteiger charge is 2.29. The Kier molecular flexibility index (Phi) is 10.4. The number of aromatic nitrogens is 4. The second-order valence-electron chi connectivity index (χ2n) is 12.2. The van der Waals surface area contributed by atoms with Crippen LogP contribution in [0.3, 0.4) is 0 Å². The Hall–Kier alpha value is -3.34. The lowest BCUT2D eigenvalue weighted by atomic mass is 9.79. The number of aliphatic hydroxyl groups is 1. The van der Waals surface area contributed by atoms with Crippen molar-refractivity contribution in [3.63, 3.8) is 0 Å². The maximum Gasteiger partial charge on any atom is 0.237 e. The van der Waals surface area contributed by atoms with Crippen LogP contribution in [0.15, 0.2) is 48.8 Å². The van der Waals surface area contributed by atoms with Crippen molar-refractivity contribution in [1.29, 1.82) is 0 Å². The van der Waals surface area contributed by atoms with Crippen LogP contribution >= 0.6 is 23.2 Å². The van der Waals surface area contributed by atoms with Gasteiger partial charge >= 0.3 is 0 Å². The molecule has 46 heavy (non-hydrogen) atoms. The molecule has 2 fully saturated rings. The second kappa shape index (κ2) is 14.6. The molecule has 3 N–H and O–H groups in total. The van der Waals surface area contributed by atoms with Crippen molar-refractivity contribution in [1.82, 2.24) is 30.6 Å². The van der Waals surface area contributed by atoms with Gasteiger partial charge in [0.05, 0.1) is 48.0 Å². The van der Waals surface area contributed by atoms with Crippen LogP contribution in [0.2, 0.25) is 10.0 Å². The Morgan fingerprint density at radius 3 is 1.57 bits per heavy atom. The number of ether oxygens (including phenoxy) is 2. The predicted octanol–water partition coefficient (Wildman–Crippen LogP) is 6.73. The minimum Gasteiger partial charge on any atom is -0.480 e. The van der Waals surface area contributed by atoms with E-state index in [9.17, 15) is 5.11 Å². The molecule has 0 bridgehead atoms. The summed E-state index contributed by atoms with van der Waals surface area (Å²) in [5.74, 6) is 2.12. The molecule has 242 valence electrons. The van der Waals surface area contributed by atoms with Crippen LogP contribution in [-0.2, 0) is 13.1 Å². The number of aliphatic hydroxyl groups excluding tert-OH is 1. The third-order valence-electron chi connectivity index (χ3n) is 9.27. The Balaban J connectivity index is 1.22. The van der Waals surface area contributed by atoms with Gasteiger partial charge in [-0.25, -0.2) is 9.97 Å². The topological polar surface area (TPSA) is 114 Å². The molecule has 2 aromatic carbocycles. The largest absolute Gasteiger partial charge is 0.480 e. The first-order valence-electron chi connectivity index (χ1n) is 15.9. The van der Waals surface area contributed by atoms with Gasteiger partial charge in [-0.05, 0) is 37.5 Å². The number of methoxy groups -OCH3 is 2. The molecular weight excluding hydrogens is 623 g/mol. The molecule has 0 radical (unpaired) electrons. The van der Waals surface area contributed by atoms with E-state index in [1.54, 1.807) is 26.6 Å². The summed E-state index contributed by atoms with van der Waals surface area (Å²) >= 11 is 14.1. The van der Waals surface area contributed by atoms with E-state index in [0.717, 1.165) is 41.1 Å². The first-order valence-corrected chi connectivity index (χ1v) is 16.6. The van der Waals surface area contributed by atoms with Crippen molar-refractivity contribution in [3.05, 3.63) is 70.2 Å². The van der Waals surface area contributed by atoms with Gasteiger partial charge in [-0.15, -0.1) is 0 Å². The standard InChI is InChI=1S/C35H40Cl2N6O3/c1-4-20-11-22(12-20)38-17-30-34(45-2)42-28(15-40-30)26-9-5-7-24(32(26)36)25-8-6-10-27(33(25)37)29-16-41-31(35(43-29)46-3)18-39-23-13-21(14-23)19-44/h5-10,15-16,20-23,38-39,44H,4,11-14,17-19H2,1-3H3/t20-,21-,22+,23+. The zero-order chi connectivity index (χ0) is 32.2. The zero-order valence-corrected chi connectivity index (χ0v) is 27.9. The minimum atomic E-state index is 0.235. The molecule has 0 saturated heterocycles. The van der Waals surface area contributed by atoms with Gasteiger partial charge in [0, 0.05) is 54.0 Å². The second-order valence-corrected chi connectivity index (χ2v) is 12.9. The van der Waals surface area contributed by atoms with Crippen LogP contribution in [-0.4, -0.2) is 58.0 Å². The van der Waals surface area contributed by atoms with Gasteiger partial charge in [-0.1, -0.05) is 72.9 Å². The van der Waals surface area contributed by atoms with E-state index < -0.39 is 0 Å². The summed E-state index contributed by atoms with van der Waals surface area (Å²) in [4.78, 5) is 18.9. The van der Waals surface area contributed by atoms with Crippen LogP contribution in [0.25, 0.3) is 33.6 Å². The van der Waals surface area contributed by atoms with Gasteiger partial charge in [-0.2, -0.15) is 0 Å². The molecule has 2 aromatic heterocycles. The van der Waals surface area contributed by atoms with E-state index in [0.29, 0.717) is 75.5 Å². The summed E-state index contributed by atoms with van der Waals surface area (Å²) in [5.41, 5.74) is 5.65. The van der Waals surface area contributed by atoms with Crippen LogP contribution in [0.5, 0.6) is 11.8 Å². The average Bonchev–Trinajstić information content (AvgIpc) is 3.04. The molecule has 0 aliphatic heterocycles. The fourth-order valence-corrected chi connectivity index (χ4v) is 6.92. The molecule has 0 atom stereocenters. The summed E-state index contributed by atoms with van der Waals surface area (Å²) in [5, 5.41) is 17.3. The average molecular weight is 664 g/mol. The maximum absolute atomic E-state index is 9.28. The molecule has 0 amide bonds. The number of hydrogen-bond donors (Lipinski definition) is 3. The molecule has 2 heterocycles. The number of hydrogen-bond acceptors (Lipinski definition) is 9. The number of nitrogens with one attached hydrogen (secondary N) is 2. The van der Waals surface area contributed by atoms with Crippen LogP contribution in [0.4, 0.5) is 0 Å². The highest BCUT2D eigenvalue weighted by atomic mass is 35.5. The molecular formula is C35H40Cl2N6O3. The molecule has 6 rings (SSSR count). The van der Waals surface area contributed by atoms with Gasteiger partial charge in [0.1, 0.15) is 11.4 Å². The highest BCUT2D eigenvalue weighted by molar-refractivity contribution is 6.39. The van der Waals surface area contributed by atoms with Crippen LogP contribution < -0.4 is 20.1 Å². The lowest BCUT2D eigenvalue weighted by Crippen LogP contribution is -2.42. The highest BCUT2D eigenvalue weighted by Crippen LogP contribution is 2.42. The molecule has 11 heteroatoms.